The highest BCUT2D eigenvalue weighted by molar-refractivity contribution is 5.93. The van der Waals surface area contributed by atoms with E-state index < -0.39 is 11.5 Å². The van der Waals surface area contributed by atoms with Gasteiger partial charge in [-0.25, -0.2) is 4.98 Å². The molecular weight excluding hydrogens is 584 g/mol. The van der Waals surface area contributed by atoms with Gasteiger partial charge in [0.25, 0.3) is 17.0 Å². The Morgan fingerprint density at radius 1 is 1.00 bits per heavy atom. The molecular formula is C34H36N8O4. The van der Waals surface area contributed by atoms with E-state index in [1.807, 2.05) is 39.0 Å². The number of nitrogens with one attached hydrogen (secondary N) is 2. The predicted octanol–water partition coefficient (Wildman–Crippen LogP) is 3.80. The molecule has 1 amide bonds. The number of aromatic nitrogens is 5. The first-order valence-electron chi connectivity index (χ1n) is 15.3. The van der Waals surface area contributed by atoms with Gasteiger partial charge in [-0.1, -0.05) is 6.07 Å². The Morgan fingerprint density at radius 2 is 1.78 bits per heavy atom. The second-order valence-corrected chi connectivity index (χ2v) is 11.5. The molecule has 46 heavy (non-hydrogen) atoms. The molecule has 1 aliphatic heterocycles. The average Bonchev–Trinajstić information content (AvgIpc) is 3.06. The number of benzene rings is 1. The van der Waals surface area contributed by atoms with Gasteiger partial charge in [0.2, 0.25) is 5.95 Å². The molecule has 0 saturated carbocycles. The molecule has 0 unspecified atom stereocenters. The fourth-order valence-corrected chi connectivity index (χ4v) is 5.63. The molecule has 1 aliphatic rings. The molecule has 5 heterocycles. The van der Waals surface area contributed by atoms with Gasteiger partial charge in [0, 0.05) is 72.8 Å². The third-order valence-electron chi connectivity index (χ3n) is 8.11. The van der Waals surface area contributed by atoms with Crippen molar-refractivity contribution in [2.24, 2.45) is 0 Å². The summed E-state index contributed by atoms with van der Waals surface area (Å²) < 4.78 is 8.52. The summed E-state index contributed by atoms with van der Waals surface area (Å²) in [6.45, 7) is 9.02. The number of hydrogen-bond acceptors (Lipinski definition) is 9. The highest BCUT2D eigenvalue weighted by atomic mass is 16.5. The van der Waals surface area contributed by atoms with Gasteiger partial charge >= 0.3 is 0 Å². The lowest BCUT2D eigenvalue weighted by atomic mass is 10.1. The number of hydrogen-bond donors (Lipinski definition) is 2. The van der Waals surface area contributed by atoms with Crippen LogP contribution < -0.4 is 26.7 Å². The molecule has 4 aromatic heterocycles. The van der Waals surface area contributed by atoms with Gasteiger partial charge in [0.05, 0.1) is 19.8 Å². The van der Waals surface area contributed by atoms with Crippen LogP contribution in [0.1, 0.15) is 46.9 Å². The number of anilines is 3. The molecule has 0 bridgehead atoms. The molecule has 236 valence electrons. The summed E-state index contributed by atoms with van der Waals surface area (Å²) in [6, 6.07) is 14.6. The van der Waals surface area contributed by atoms with Crippen LogP contribution in [0.5, 0.6) is 0 Å². The predicted molar refractivity (Wildman–Crippen MR) is 177 cm³/mol. The Balaban J connectivity index is 1.23. The van der Waals surface area contributed by atoms with Crippen LogP contribution in [-0.4, -0.2) is 56.3 Å². The first-order valence-corrected chi connectivity index (χ1v) is 15.3. The number of ether oxygens (including phenoxy) is 1. The van der Waals surface area contributed by atoms with E-state index in [0.717, 1.165) is 43.2 Å². The fraction of sp³-hybridized carbons (Fsp3) is 0.294. The number of carbonyl (C=O) groups excluding carboxylic acids is 1. The first-order chi connectivity index (χ1) is 22.3. The molecule has 0 atom stereocenters. The van der Waals surface area contributed by atoms with Crippen LogP contribution in [0.25, 0.3) is 11.0 Å². The van der Waals surface area contributed by atoms with Crippen LogP contribution in [0.2, 0.25) is 0 Å². The van der Waals surface area contributed by atoms with Gasteiger partial charge < -0.3 is 24.8 Å². The zero-order chi connectivity index (χ0) is 32.2. The zero-order valence-corrected chi connectivity index (χ0v) is 26.1. The van der Waals surface area contributed by atoms with Crippen LogP contribution in [0.3, 0.4) is 0 Å². The van der Waals surface area contributed by atoms with Crippen molar-refractivity contribution in [1.29, 1.82) is 0 Å². The maximum absolute atomic E-state index is 13.8. The Hall–Kier alpha value is -5.36. The van der Waals surface area contributed by atoms with Crippen molar-refractivity contribution in [1.82, 2.24) is 29.4 Å². The molecule has 1 fully saturated rings. The molecule has 0 radical (unpaired) electrons. The lowest BCUT2D eigenvalue weighted by Gasteiger charge is -2.28. The second-order valence-electron chi connectivity index (χ2n) is 11.5. The number of carbonyl (C=O) groups is 1. The monoisotopic (exact) mass is 620 g/mol. The van der Waals surface area contributed by atoms with Gasteiger partial charge in [-0.2, -0.15) is 4.98 Å². The number of nitrogens with zero attached hydrogens (tertiary/aromatic N) is 6. The van der Waals surface area contributed by atoms with E-state index in [4.69, 9.17) is 9.72 Å². The molecule has 12 nitrogen and oxygen atoms in total. The van der Waals surface area contributed by atoms with Crippen molar-refractivity contribution in [2.45, 2.75) is 39.9 Å². The van der Waals surface area contributed by atoms with Crippen LogP contribution in [-0.2, 0) is 17.8 Å². The number of morpholine rings is 1. The minimum absolute atomic E-state index is 0.00829. The van der Waals surface area contributed by atoms with Gasteiger partial charge in [0.1, 0.15) is 11.2 Å². The van der Waals surface area contributed by atoms with Crippen molar-refractivity contribution < 1.29 is 9.53 Å². The van der Waals surface area contributed by atoms with Crippen molar-refractivity contribution in [3.05, 3.63) is 116 Å². The van der Waals surface area contributed by atoms with Gasteiger partial charge in [-0.3, -0.25) is 23.9 Å². The summed E-state index contributed by atoms with van der Waals surface area (Å²) in [7, 11) is 0. The smallest absolute Gasteiger partial charge is 0.263 e. The summed E-state index contributed by atoms with van der Waals surface area (Å²) in [5, 5.41) is 6.75. The molecule has 0 spiro atoms. The van der Waals surface area contributed by atoms with E-state index in [0.29, 0.717) is 28.1 Å². The highest BCUT2D eigenvalue weighted by Crippen LogP contribution is 2.24. The molecule has 6 rings (SSSR count). The quantitative estimate of drug-likeness (QED) is 0.252. The third kappa shape index (κ3) is 6.38. The van der Waals surface area contributed by atoms with E-state index in [-0.39, 0.29) is 30.3 Å². The SMILES string of the molecule is Cc1c(CNC(=O)c2cccn(Cc3cccnc3)c2=O)c(=O)n(C(C)C)c2nc(Nc3ccc(N4CCOCC4)cc3)ncc12. The minimum atomic E-state index is -0.559. The zero-order valence-electron chi connectivity index (χ0n) is 26.1. The number of pyridine rings is 3. The summed E-state index contributed by atoms with van der Waals surface area (Å²) in [4.78, 5) is 55.8. The van der Waals surface area contributed by atoms with Crippen LogP contribution in [0.4, 0.5) is 17.3 Å². The maximum atomic E-state index is 13.8. The normalized spacial score (nSPS) is 13.3. The van der Waals surface area contributed by atoms with E-state index in [1.54, 1.807) is 41.5 Å². The van der Waals surface area contributed by atoms with E-state index in [9.17, 15) is 14.4 Å². The highest BCUT2D eigenvalue weighted by Gasteiger charge is 2.20. The van der Waals surface area contributed by atoms with Crippen molar-refractivity contribution >= 4 is 34.3 Å². The van der Waals surface area contributed by atoms with Gasteiger partial charge in [0.15, 0.2) is 0 Å². The Labute approximate surface area is 265 Å². The number of aryl methyl sites for hydroxylation is 1. The summed E-state index contributed by atoms with van der Waals surface area (Å²) >= 11 is 0. The van der Waals surface area contributed by atoms with E-state index in [2.05, 4.69) is 37.6 Å². The third-order valence-corrected chi connectivity index (χ3v) is 8.11. The van der Waals surface area contributed by atoms with Crippen LogP contribution in [0, 0.1) is 6.92 Å². The maximum Gasteiger partial charge on any atom is 0.263 e. The molecule has 1 aromatic carbocycles. The Bertz CT molecular complexity index is 1980. The Morgan fingerprint density at radius 3 is 2.50 bits per heavy atom. The number of rotatable bonds is 9. The summed E-state index contributed by atoms with van der Waals surface area (Å²) in [6.07, 6.45) is 6.66. The Kier molecular flexibility index (Phi) is 8.88. The van der Waals surface area contributed by atoms with Gasteiger partial charge in [-0.15, -0.1) is 0 Å². The van der Waals surface area contributed by atoms with Crippen LogP contribution in [0.15, 0.2) is 82.9 Å². The van der Waals surface area contributed by atoms with Crippen LogP contribution >= 0.6 is 0 Å². The van der Waals surface area contributed by atoms with Crippen molar-refractivity contribution in [3.8, 4) is 0 Å². The molecule has 5 aromatic rings. The van der Waals surface area contributed by atoms with E-state index in [1.165, 1.54) is 10.6 Å². The molecule has 0 aliphatic carbocycles. The second kappa shape index (κ2) is 13.3. The largest absolute Gasteiger partial charge is 0.378 e. The lowest BCUT2D eigenvalue weighted by Crippen LogP contribution is -2.36. The summed E-state index contributed by atoms with van der Waals surface area (Å²) in [5.41, 5.74) is 3.66. The average molecular weight is 621 g/mol. The molecule has 2 N–H and O–H groups in total. The van der Waals surface area contributed by atoms with Gasteiger partial charge in [-0.05, 0) is 74.4 Å². The van der Waals surface area contributed by atoms with E-state index >= 15 is 0 Å². The standard InChI is InChI=1S/C34H36N8O4/c1-22(2)42-30-28(19-37-34(39-30)38-25-8-10-26(11-9-25)40-14-16-46-17-15-40)23(3)29(33(42)45)20-36-31(43)27-7-5-13-41(32(27)44)21-24-6-4-12-35-18-24/h4-13,18-19,22H,14-17,20-21H2,1-3H3,(H,36,43)(H,37,38,39). The number of fused-ring (bicyclic) bond motifs is 1. The molecule has 12 heteroatoms. The number of amides is 1. The molecule has 1 saturated heterocycles. The first kappa shape index (κ1) is 30.7. The fourth-order valence-electron chi connectivity index (χ4n) is 5.63. The lowest BCUT2D eigenvalue weighted by molar-refractivity contribution is 0.0948. The summed E-state index contributed by atoms with van der Waals surface area (Å²) in [5.74, 6) is -0.191. The van der Waals surface area contributed by atoms with Crippen molar-refractivity contribution in [3.63, 3.8) is 0 Å². The minimum Gasteiger partial charge on any atom is -0.378 e. The topological polar surface area (TPSA) is 136 Å². The van der Waals surface area contributed by atoms with Crippen molar-refractivity contribution in [2.75, 3.05) is 36.5 Å².